The van der Waals surface area contributed by atoms with E-state index in [1.807, 2.05) is 6.92 Å². The predicted molar refractivity (Wildman–Crippen MR) is 73.7 cm³/mol. The molecule has 0 radical (unpaired) electrons. The summed E-state index contributed by atoms with van der Waals surface area (Å²) in [6, 6.07) is 0.338. The van der Waals surface area contributed by atoms with Gasteiger partial charge in [0.15, 0.2) is 0 Å². The van der Waals surface area contributed by atoms with Gasteiger partial charge in [-0.05, 0) is 52.0 Å². The highest BCUT2D eigenvalue weighted by atomic mass is 16.5. The number of hydrogen-bond donors (Lipinski definition) is 1. The fourth-order valence-electron chi connectivity index (χ4n) is 4.16. The molecule has 3 aliphatic heterocycles. The highest BCUT2D eigenvalue weighted by molar-refractivity contribution is 5.78. The van der Waals surface area contributed by atoms with Crippen LogP contribution in [0.1, 0.15) is 45.4 Å². The Morgan fingerprint density at radius 1 is 1.25 bits per heavy atom. The first-order valence-electron chi connectivity index (χ1n) is 7.78. The van der Waals surface area contributed by atoms with E-state index in [0.29, 0.717) is 6.04 Å². The first-order chi connectivity index (χ1) is 9.56. The molecule has 0 aromatic heterocycles. The Bertz CT molecular complexity index is 375. The van der Waals surface area contributed by atoms with E-state index in [1.54, 1.807) is 0 Å². The highest BCUT2D eigenvalue weighted by Gasteiger charge is 2.49. The van der Waals surface area contributed by atoms with Gasteiger partial charge in [-0.3, -0.25) is 9.69 Å². The minimum Gasteiger partial charge on any atom is -0.480 e. The molecule has 5 nitrogen and oxygen atoms in total. The lowest BCUT2D eigenvalue weighted by Gasteiger charge is -2.48. The molecule has 0 saturated carbocycles. The number of likely N-dealkylation sites (tertiary alicyclic amines) is 1. The number of carboxylic acids is 1. The molecule has 3 aliphatic rings. The average molecular weight is 283 g/mol. The average Bonchev–Trinajstić information content (AvgIpc) is 2.83. The molecule has 114 valence electrons. The van der Waals surface area contributed by atoms with E-state index < -0.39 is 11.5 Å². The van der Waals surface area contributed by atoms with Crippen LogP contribution in [-0.2, 0) is 14.3 Å². The summed E-state index contributed by atoms with van der Waals surface area (Å²) < 4.78 is 11.5. The summed E-state index contributed by atoms with van der Waals surface area (Å²) in [7, 11) is 0. The molecule has 1 N–H and O–H groups in total. The van der Waals surface area contributed by atoms with Crippen LogP contribution in [0, 0.1) is 0 Å². The molecule has 2 unspecified atom stereocenters. The van der Waals surface area contributed by atoms with E-state index in [-0.39, 0.29) is 5.60 Å². The lowest BCUT2D eigenvalue weighted by Crippen LogP contribution is -2.57. The Balaban J connectivity index is 1.75. The second-order valence-electron chi connectivity index (χ2n) is 6.67. The third-order valence-electron chi connectivity index (χ3n) is 5.47. The van der Waals surface area contributed by atoms with Crippen molar-refractivity contribution in [1.82, 2.24) is 4.90 Å². The summed E-state index contributed by atoms with van der Waals surface area (Å²) in [5.74, 6) is -0.678. The zero-order valence-electron chi connectivity index (χ0n) is 12.3. The van der Waals surface area contributed by atoms with Gasteiger partial charge in [-0.15, -0.1) is 0 Å². The number of nitrogens with zero attached hydrogens (tertiary/aromatic N) is 1. The van der Waals surface area contributed by atoms with Crippen LogP contribution in [0.15, 0.2) is 0 Å². The molecule has 0 aromatic rings. The number of hydrogen-bond acceptors (Lipinski definition) is 4. The summed E-state index contributed by atoms with van der Waals surface area (Å²) in [5.41, 5.74) is -0.752. The van der Waals surface area contributed by atoms with Gasteiger partial charge in [0, 0.05) is 25.9 Å². The summed E-state index contributed by atoms with van der Waals surface area (Å²) in [6.45, 7) is 5.07. The number of rotatable bonds is 2. The van der Waals surface area contributed by atoms with E-state index in [2.05, 4.69) is 4.90 Å². The van der Waals surface area contributed by atoms with Gasteiger partial charge < -0.3 is 14.6 Å². The fourth-order valence-corrected chi connectivity index (χ4v) is 4.16. The van der Waals surface area contributed by atoms with Crippen molar-refractivity contribution in [2.24, 2.45) is 0 Å². The predicted octanol–water partition coefficient (Wildman–Crippen LogP) is 1.65. The topological polar surface area (TPSA) is 59.0 Å². The van der Waals surface area contributed by atoms with Crippen LogP contribution in [0.4, 0.5) is 0 Å². The number of aliphatic carboxylic acids is 1. The highest BCUT2D eigenvalue weighted by Crippen LogP contribution is 2.40. The maximum atomic E-state index is 11.7. The van der Waals surface area contributed by atoms with Crippen molar-refractivity contribution < 1.29 is 19.4 Å². The molecule has 2 atom stereocenters. The van der Waals surface area contributed by atoms with Gasteiger partial charge in [-0.2, -0.15) is 0 Å². The number of carboxylic acid groups (broad SMARTS) is 1. The van der Waals surface area contributed by atoms with E-state index in [9.17, 15) is 9.90 Å². The monoisotopic (exact) mass is 283 g/mol. The van der Waals surface area contributed by atoms with Gasteiger partial charge in [-0.25, -0.2) is 0 Å². The third-order valence-corrected chi connectivity index (χ3v) is 5.47. The van der Waals surface area contributed by atoms with Gasteiger partial charge in [0.1, 0.15) is 5.54 Å². The lowest BCUT2D eigenvalue weighted by molar-refractivity contribution is -0.166. The van der Waals surface area contributed by atoms with Crippen molar-refractivity contribution in [3.8, 4) is 0 Å². The van der Waals surface area contributed by atoms with E-state index in [1.165, 1.54) is 0 Å². The Labute approximate surface area is 120 Å². The largest absolute Gasteiger partial charge is 0.480 e. The quantitative estimate of drug-likeness (QED) is 0.835. The third kappa shape index (κ3) is 2.36. The molecular formula is C15H25NO4. The van der Waals surface area contributed by atoms with Crippen molar-refractivity contribution in [1.29, 1.82) is 0 Å². The molecule has 3 rings (SSSR count). The SMILES string of the molecule is CC1(C(=O)O)CCCN1C1CCOC2(CCOCC2)C1. The minimum atomic E-state index is -0.686. The molecular weight excluding hydrogens is 258 g/mol. The molecule has 0 bridgehead atoms. The second-order valence-corrected chi connectivity index (χ2v) is 6.67. The molecule has 3 fully saturated rings. The van der Waals surface area contributed by atoms with Crippen LogP contribution in [-0.4, -0.2) is 59.5 Å². The van der Waals surface area contributed by atoms with E-state index in [4.69, 9.17) is 9.47 Å². The van der Waals surface area contributed by atoms with Crippen molar-refractivity contribution in [3.05, 3.63) is 0 Å². The van der Waals surface area contributed by atoms with Crippen molar-refractivity contribution >= 4 is 5.97 Å². The minimum absolute atomic E-state index is 0.0663. The molecule has 0 aliphatic carbocycles. The molecule has 20 heavy (non-hydrogen) atoms. The fraction of sp³-hybridized carbons (Fsp3) is 0.933. The number of carbonyl (C=O) groups is 1. The van der Waals surface area contributed by atoms with Gasteiger partial charge >= 0.3 is 5.97 Å². The van der Waals surface area contributed by atoms with Crippen LogP contribution >= 0.6 is 0 Å². The Morgan fingerprint density at radius 2 is 2.00 bits per heavy atom. The maximum absolute atomic E-state index is 11.7. The lowest BCUT2D eigenvalue weighted by atomic mass is 9.82. The summed E-state index contributed by atoms with van der Waals surface area (Å²) >= 11 is 0. The zero-order valence-corrected chi connectivity index (χ0v) is 12.3. The van der Waals surface area contributed by atoms with Crippen LogP contribution < -0.4 is 0 Å². The first kappa shape index (κ1) is 14.3. The molecule has 3 saturated heterocycles. The molecule has 0 aromatic carbocycles. The van der Waals surface area contributed by atoms with Crippen LogP contribution in [0.2, 0.25) is 0 Å². The van der Waals surface area contributed by atoms with Crippen molar-refractivity contribution in [2.75, 3.05) is 26.4 Å². The standard InChI is InChI=1S/C15H25NO4/c1-14(13(17)18)4-2-7-16(14)12-3-8-20-15(11-12)5-9-19-10-6-15/h12H,2-11H2,1H3,(H,17,18). The molecule has 5 heteroatoms. The number of ether oxygens (including phenoxy) is 2. The normalized spacial score (nSPS) is 38.1. The summed E-state index contributed by atoms with van der Waals surface area (Å²) in [6.07, 6.45) is 5.54. The summed E-state index contributed by atoms with van der Waals surface area (Å²) in [4.78, 5) is 13.9. The van der Waals surface area contributed by atoms with Crippen LogP contribution in [0.25, 0.3) is 0 Å². The smallest absolute Gasteiger partial charge is 0.323 e. The van der Waals surface area contributed by atoms with Crippen LogP contribution in [0.5, 0.6) is 0 Å². The molecule has 1 spiro atoms. The molecule has 0 amide bonds. The zero-order chi connectivity index (χ0) is 14.2. The second kappa shape index (κ2) is 5.28. The van der Waals surface area contributed by atoms with Crippen molar-refractivity contribution in [3.63, 3.8) is 0 Å². The van der Waals surface area contributed by atoms with E-state index in [0.717, 1.165) is 64.9 Å². The van der Waals surface area contributed by atoms with Crippen LogP contribution in [0.3, 0.4) is 0 Å². The van der Waals surface area contributed by atoms with Gasteiger partial charge in [0.2, 0.25) is 0 Å². The first-order valence-corrected chi connectivity index (χ1v) is 7.78. The maximum Gasteiger partial charge on any atom is 0.323 e. The van der Waals surface area contributed by atoms with Crippen molar-refractivity contribution in [2.45, 2.75) is 62.6 Å². The Hall–Kier alpha value is -0.650. The van der Waals surface area contributed by atoms with Gasteiger partial charge in [0.25, 0.3) is 0 Å². The Morgan fingerprint density at radius 3 is 2.70 bits per heavy atom. The van der Waals surface area contributed by atoms with Gasteiger partial charge in [-0.1, -0.05) is 0 Å². The Kier molecular flexibility index (Phi) is 3.77. The van der Waals surface area contributed by atoms with Gasteiger partial charge in [0.05, 0.1) is 5.60 Å². The molecule has 3 heterocycles. The van der Waals surface area contributed by atoms with E-state index >= 15 is 0 Å². The summed E-state index contributed by atoms with van der Waals surface area (Å²) in [5, 5.41) is 9.58.